The molecule has 0 amide bonds. The first-order valence-corrected chi connectivity index (χ1v) is 5.19. The van der Waals surface area contributed by atoms with Gasteiger partial charge in [-0.3, -0.25) is 0 Å². The average molecular weight is 228 g/mol. The highest BCUT2D eigenvalue weighted by Crippen LogP contribution is 2.27. The number of esters is 1. The zero-order chi connectivity index (χ0) is 12.3. The summed E-state index contributed by atoms with van der Waals surface area (Å²) in [7, 11) is 1.32. The molecule has 0 radical (unpaired) electrons. The van der Waals surface area contributed by atoms with Crippen LogP contribution in [0.4, 0.5) is 0 Å². The standard InChI is InChI=1S/C14H12O3/c1-17-14(16)12-9-5-8-11(12)13(15)10-6-3-2-4-7-10/h2-9,15H,1H3. The van der Waals surface area contributed by atoms with Gasteiger partial charge in [-0.05, 0) is 6.08 Å². The molecule has 0 fully saturated rings. The van der Waals surface area contributed by atoms with E-state index in [1.165, 1.54) is 7.11 Å². The van der Waals surface area contributed by atoms with Gasteiger partial charge in [0.05, 0.1) is 12.7 Å². The second kappa shape index (κ2) is 4.70. The number of allylic oxidation sites excluding steroid dienone is 3. The van der Waals surface area contributed by atoms with Crippen molar-refractivity contribution in [2.24, 2.45) is 0 Å². The molecule has 3 heteroatoms. The number of benzene rings is 1. The van der Waals surface area contributed by atoms with Crippen LogP contribution in [0.2, 0.25) is 0 Å². The topological polar surface area (TPSA) is 46.5 Å². The number of carbonyl (C=O) groups is 1. The van der Waals surface area contributed by atoms with E-state index >= 15 is 0 Å². The Kier molecular flexibility index (Phi) is 3.10. The molecule has 17 heavy (non-hydrogen) atoms. The van der Waals surface area contributed by atoms with Gasteiger partial charge >= 0.3 is 5.97 Å². The van der Waals surface area contributed by atoms with Crippen molar-refractivity contribution in [1.29, 1.82) is 0 Å². The van der Waals surface area contributed by atoms with Gasteiger partial charge in [0, 0.05) is 11.1 Å². The molecule has 2 rings (SSSR count). The summed E-state index contributed by atoms with van der Waals surface area (Å²) in [5.41, 5.74) is 1.53. The van der Waals surface area contributed by atoms with E-state index in [0.717, 1.165) is 0 Å². The van der Waals surface area contributed by atoms with Crippen molar-refractivity contribution in [2.45, 2.75) is 0 Å². The number of aliphatic hydroxyl groups is 1. The van der Waals surface area contributed by atoms with E-state index in [2.05, 4.69) is 4.74 Å². The molecule has 0 bridgehead atoms. The second-order valence-electron chi connectivity index (χ2n) is 3.56. The van der Waals surface area contributed by atoms with E-state index < -0.39 is 5.97 Å². The maximum Gasteiger partial charge on any atom is 0.338 e. The Morgan fingerprint density at radius 1 is 1.24 bits per heavy atom. The van der Waals surface area contributed by atoms with E-state index in [9.17, 15) is 9.90 Å². The molecule has 1 aliphatic rings. The molecular weight excluding hydrogens is 216 g/mol. The Morgan fingerprint density at radius 3 is 2.59 bits per heavy atom. The van der Waals surface area contributed by atoms with Gasteiger partial charge in [-0.1, -0.05) is 42.5 Å². The lowest BCUT2D eigenvalue weighted by atomic mass is 10.0. The van der Waals surface area contributed by atoms with Crippen LogP contribution in [0, 0.1) is 0 Å². The SMILES string of the molecule is COC(=O)C1=CC=CC1=C(O)c1ccccc1. The number of methoxy groups -OCH3 is 1. The van der Waals surface area contributed by atoms with Gasteiger partial charge in [0.2, 0.25) is 0 Å². The van der Waals surface area contributed by atoms with Crippen molar-refractivity contribution in [2.75, 3.05) is 7.11 Å². The van der Waals surface area contributed by atoms with Crippen LogP contribution in [0.1, 0.15) is 5.56 Å². The van der Waals surface area contributed by atoms with Crippen LogP contribution in [-0.4, -0.2) is 18.2 Å². The predicted octanol–water partition coefficient (Wildman–Crippen LogP) is 2.62. The lowest BCUT2D eigenvalue weighted by molar-refractivity contribution is -0.135. The summed E-state index contributed by atoms with van der Waals surface area (Å²) in [5, 5.41) is 10.1. The summed E-state index contributed by atoms with van der Waals surface area (Å²) in [4.78, 5) is 11.5. The number of hydrogen-bond acceptors (Lipinski definition) is 3. The highest BCUT2D eigenvalue weighted by atomic mass is 16.5. The third kappa shape index (κ3) is 2.13. The molecule has 0 unspecified atom stereocenters. The Morgan fingerprint density at radius 2 is 1.94 bits per heavy atom. The number of ether oxygens (including phenoxy) is 1. The number of aliphatic hydroxyl groups excluding tert-OH is 1. The average Bonchev–Trinajstić information content (AvgIpc) is 2.87. The zero-order valence-corrected chi connectivity index (χ0v) is 9.38. The Labute approximate surface area is 99.3 Å². The van der Waals surface area contributed by atoms with Gasteiger partial charge < -0.3 is 9.84 Å². The maximum atomic E-state index is 11.5. The summed E-state index contributed by atoms with van der Waals surface area (Å²) >= 11 is 0. The van der Waals surface area contributed by atoms with Crippen LogP contribution >= 0.6 is 0 Å². The van der Waals surface area contributed by atoms with Gasteiger partial charge in [-0.15, -0.1) is 0 Å². The molecule has 0 atom stereocenters. The normalized spacial score (nSPS) is 16.6. The summed E-state index contributed by atoms with van der Waals surface area (Å²) in [5.74, 6) is -0.372. The van der Waals surface area contributed by atoms with Crippen molar-refractivity contribution >= 4 is 11.7 Å². The minimum atomic E-state index is -0.451. The fraction of sp³-hybridized carbons (Fsp3) is 0.0714. The van der Waals surface area contributed by atoms with E-state index in [0.29, 0.717) is 16.7 Å². The van der Waals surface area contributed by atoms with E-state index in [-0.39, 0.29) is 5.76 Å². The zero-order valence-electron chi connectivity index (χ0n) is 9.38. The van der Waals surface area contributed by atoms with Crippen molar-refractivity contribution in [3.05, 3.63) is 65.3 Å². The first-order valence-electron chi connectivity index (χ1n) is 5.19. The summed E-state index contributed by atoms with van der Waals surface area (Å²) in [6, 6.07) is 9.08. The molecule has 1 N–H and O–H groups in total. The molecule has 86 valence electrons. The highest BCUT2D eigenvalue weighted by Gasteiger charge is 2.20. The van der Waals surface area contributed by atoms with Crippen molar-refractivity contribution in [3.8, 4) is 0 Å². The third-order valence-electron chi connectivity index (χ3n) is 2.52. The fourth-order valence-electron chi connectivity index (χ4n) is 1.67. The Bertz CT molecular complexity index is 522. The third-order valence-corrected chi connectivity index (χ3v) is 2.52. The van der Waals surface area contributed by atoms with Crippen LogP contribution in [0.5, 0.6) is 0 Å². The van der Waals surface area contributed by atoms with Crippen LogP contribution in [0.25, 0.3) is 5.76 Å². The Balaban J connectivity index is 2.43. The second-order valence-corrected chi connectivity index (χ2v) is 3.56. The number of hydrogen-bond donors (Lipinski definition) is 1. The van der Waals surface area contributed by atoms with Crippen LogP contribution in [-0.2, 0) is 9.53 Å². The summed E-state index contributed by atoms with van der Waals surface area (Å²) in [6.07, 6.45) is 5.02. The first-order chi connectivity index (χ1) is 8.24. The lowest BCUT2D eigenvalue weighted by Gasteiger charge is -2.07. The van der Waals surface area contributed by atoms with Gasteiger partial charge in [0.25, 0.3) is 0 Å². The molecule has 1 aromatic rings. The Hall–Kier alpha value is -2.29. The minimum Gasteiger partial charge on any atom is -0.507 e. The molecule has 1 aromatic carbocycles. The van der Waals surface area contributed by atoms with E-state index in [1.807, 2.05) is 18.2 Å². The fourth-order valence-corrected chi connectivity index (χ4v) is 1.67. The monoisotopic (exact) mass is 228 g/mol. The van der Waals surface area contributed by atoms with Gasteiger partial charge in [0.1, 0.15) is 5.76 Å². The molecule has 0 spiro atoms. The molecule has 0 aliphatic heterocycles. The first kappa shape index (κ1) is 11.2. The number of carbonyl (C=O) groups excluding carboxylic acids is 1. The van der Waals surface area contributed by atoms with Crippen LogP contribution in [0.3, 0.4) is 0 Å². The van der Waals surface area contributed by atoms with Gasteiger partial charge in [0.15, 0.2) is 0 Å². The summed E-state index contributed by atoms with van der Waals surface area (Å²) in [6.45, 7) is 0. The summed E-state index contributed by atoms with van der Waals surface area (Å²) < 4.78 is 4.66. The molecule has 0 heterocycles. The highest BCUT2D eigenvalue weighted by molar-refractivity contribution is 5.98. The lowest BCUT2D eigenvalue weighted by Crippen LogP contribution is -2.06. The molecule has 0 saturated heterocycles. The molecule has 3 nitrogen and oxygen atoms in total. The minimum absolute atomic E-state index is 0.0796. The van der Waals surface area contributed by atoms with Gasteiger partial charge in [-0.2, -0.15) is 0 Å². The smallest absolute Gasteiger partial charge is 0.338 e. The predicted molar refractivity (Wildman–Crippen MR) is 65.2 cm³/mol. The number of rotatable bonds is 2. The molecule has 0 aromatic heterocycles. The van der Waals surface area contributed by atoms with Crippen molar-refractivity contribution in [3.63, 3.8) is 0 Å². The van der Waals surface area contributed by atoms with Crippen LogP contribution in [0.15, 0.2) is 59.7 Å². The van der Waals surface area contributed by atoms with Crippen molar-refractivity contribution in [1.82, 2.24) is 0 Å². The largest absolute Gasteiger partial charge is 0.507 e. The molecule has 1 aliphatic carbocycles. The van der Waals surface area contributed by atoms with E-state index in [1.54, 1.807) is 30.4 Å². The quantitative estimate of drug-likeness (QED) is 0.625. The maximum absolute atomic E-state index is 11.5. The van der Waals surface area contributed by atoms with Crippen LogP contribution < -0.4 is 0 Å². The van der Waals surface area contributed by atoms with Gasteiger partial charge in [-0.25, -0.2) is 4.79 Å². The molecular formula is C14H12O3. The van der Waals surface area contributed by atoms with E-state index in [4.69, 9.17) is 0 Å². The molecule has 0 saturated carbocycles. The van der Waals surface area contributed by atoms with Crippen molar-refractivity contribution < 1.29 is 14.6 Å².